The number of methoxy groups -OCH3 is 1. The highest BCUT2D eigenvalue weighted by atomic mass is 16.5. The van der Waals surface area contributed by atoms with E-state index in [1.807, 2.05) is 6.07 Å². The second-order valence-electron chi connectivity index (χ2n) is 4.67. The first-order chi connectivity index (χ1) is 9.28. The average Bonchev–Trinajstić information content (AvgIpc) is 2.99. The van der Waals surface area contributed by atoms with Crippen LogP contribution >= 0.6 is 0 Å². The Bertz CT molecular complexity index is 618. The van der Waals surface area contributed by atoms with E-state index in [1.165, 1.54) is 7.11 Å². The van der Waals surface area contributed by atoms with Crippen LogP contribution < -0.4 is 0 Å². The summed E-state index contributed by atoms with van der Waals surface area (Å²) in [5, 5.41) is 2.00. The quantitative estimate of drug-likeness (QED) is 0.776. The molecule has 98 valence electrons. The van der Waals surface area contributed by atoms with E-state index in [-0.39, 0.29) is 6.10 Å². The minimum Gasteiger partial charge on any atom is -0.464 e. The van der Waals surface area contributed by atoms with Crippen molar-refractivity contribution in [1.29, 1.82) is 0 Å². The van der Waals surface area contributed by atoms with Gasteiger partial charge in [0.25, 0.3) is 0 Å². The highest BCUT2D eigenvalue weighted by molar-refractivity contribution is 5.93. The molecule has 1 atom stereocenters. The third kappa shape index (κ3) is 2.31. The Morgan fingerprint density at radius 3 is 3.00 bits per heavy atom. The first kappa shape index (κ1) is 12.1. The molecule has 1 saturated heterocycles. The van der Waals surface area contributed by atoms with Crippen molar-refractivity contribution in [3.05, 3.63) is 41.7 Å². The number of hydrogen-bond acceptors (Lipinski definition) is 4. The van der Waals surface area contributed by atoms with Crippen molar-refractivity contribution in [1.82, 2.24) is 4.98 Å². The van der Waals surface area contributed by atoms with Gasteiger partial charge in [-0.15, -0.1) is 0 Å². The molecule has 4 nitrogen and oxygen atoms in total. The summed E-state index contributed by atoms with van der Waals surface area (Å²) in [4.78, 5) is 15.6. The maximum absolute atomic E-state index is 11.5. The molecule has 4 heteroatoms. The van der Waals surface area contributed by atoms with Crippen molar-refractivity contribution in [2.24, 2.45) is 0 Å². The van der Waals surface area contributed by atoms with Gasteiger partial charge in [-0.25, -0.2) is 9.78 Å². The third-order valence-electron chi connectivity index (χ3n) is 3.44. The van der Waals surface area contributed by atoms with Gasteiger partial charge in [-0.05, 0) is 35.9 Å². The molecule has 1 aliphatic rings. The van der Waals surface area contributed by atoms with E-state index in [0.29, 0.717) is 5.69 Å². The lowest BCUT2D eigenvalue weighted by atomic mass is 10.0. The lowest BCUT2D eigenvalue weighted by Gasteiger charge is -2.10. The number of ether oxygens (including phenoxy) is 2. The van der Waals surface area contributed by atoms with Gasteiger partial charge in [0.1, 0.15) is 5.69 Å². The second kappa shape index (κ2) is 4.97. The number of esters is 1. The van der Waals surface area contributed by atoms with Gasteiger partial charge >= 0.3 is 5.97 Å². The van der Waals surface area contributed by atoms with Crippen molar-refractivity contribution >= 4 is 16.7 Å². The molecule has 0 spiro atoms. The molecule has 0 radical (unpaired) electrons. The standard InChI is InChI=1S/C15H15NO3/c1-18-15(17)13-8-12-7-10(14-3-2-6-19-14)4-5-11(12)9-16-13/h4-5,7-9,14H,2-3,6H2,1H3. The van der Waals surface area contributed by atoms with Crippen LogP contribution in [-0.4, -0.2) is 24.7 Å². The zero-order chi connectivity index (χ0) is 13.2. The first-order valence-electron chi connectivity index (χ1n) is 6.37. The summed E-state index contributed by atoms with van der Waals surface area (Å²) >= 11 is 0. The summed E-state index contributed by atoms with van der Waals surface area (Å²) in [6, 6.07) is 7.91. The average molecular weight is 257 g/mol. The highest BCUT2D eigenvalue weighted by Crippen LogP contribution is 2.30. The molecule has 1 aromatic carbocycles. The summed E-state index contributed by atoms with van der Waals surface area (Å²) in [5.74, 6) is -0.413. The van der Waals surface area contributed by atoms with Crippen LogP contribution in [0.15, 0.2) is 30.5 Å². The Kier molecular flexibility index (Phi) is 3.17. The molecule has 0 aliphatic carbocycles. The number of pyridine rings is 1. The minimum absolute atomic E-state index is 0.180. The van der Waals surface area contributed by atoms with Gasteiger partial charge in [0.2, 0.25) is 0 Å². The molecule has 1 aromatic heterocycles. The Labute approximate surface area is 111 Å². The van der Waals surface area contributed by atoms with E-state index in [2.05, 4.69) is 21.9 Å². The fraction of sp³-hybridized carbons (Fsp3) is 0.333. The molecule has 0 amide bonds. The van der Waals surface area contributed by atoms with Crippen LogP contribution in [0, 0.1) is 0 Å². The Morgan fingerprint density at radius 1 is 1.37 bits per heavy atom. The molecule has 0 saturated carbocycles. The molecule has 0 bridgehead atoms. The number of carbonyl (C=O) groups excluding carboxylic acids is 1. The molecule has 2 aromatic rings. The lowest BCUT2D eigenvalue weighted by Crippen LogP contribution is -2.03. The van der Waals surface area contributed by atoms with Gasteiger partial charge in [0, 0.05) is 18.2 Å². The van der Waals surface area contributed by atoms with Crippen LogP contribution in [-0.2, 0) is 9.47 Å². The SMILES string of the molecule is COC(=O)c1cc2cc(C3CCCO3)ccc2cn1. The Morgan fingerprint density at radius 2 is 2.26 bits per heavy atom. The maximum Gasteiger partial charge on any atom is 0.356 e. The molecule has 3 rings (SSSR count). The number of aromatic nitrogens is 1. The number of carbonyl (C=O) groups is 1. The topological polar surface area (TPSA) is 48.4 Å². The van der Waals surface area contributed by atoms with Crippen LogP contribution in [0.5, 0.6) is 0 Å². The predicted molar refractivity (Wildman–Crippen MR) is 71.0 cm³/mol. The van der Waals surface area contributed by atoms with Crippen molar-refractivity contribution in [2.45, 2.75) is 18.9 Å². The first-order valence-corrected chi connectivity index (χ1v) is 6.37. The van der Waals surface area contributed by atoms with E-state index in [0.717, 1.165) is 35.8 Å². The van der Waals surface area contributed by atoms with Gasteiger partial charge in [0.15, 0.2) is 0 Å². The molecule has 1 unspecified atom stereocenters. The van der Waals surface area contributed by atoms with Crippen LogP contribution in [0.25, 0.3) is 10.8 Å². The normalized spacial score (nSPS) is 18.7. The Balaban J connectivity index is 2.02. The smallest absolute Gasteiger partial charge is 0.356 e. The lowest BCUT2D eigenvalue weighted by molar-refractivity contribution is 0.0594. The number of hydrogen-bond donors (Lipinski definition) is 0. The molecule has 1 aliphatic heterocycles. The third-order valence-corrected chi connectivity index (χ3v) is 3.44. The number of rotatable bonds is 2. The zero-order valence-electron chi connectivity index (χ0n) is 10.8. The van der Waals surface area contributed by atoms with E-state index in [4.69, 9.17) is 4.74 Å². The van der Waals surface area contributed by atoms with Crippen LogP contribution in [0.2, 0.25) is 0 Å². The largest absolute Gasteiger partial charge is 0.464 e. The molecule has 0 N–H and O–H groups in total. The van der Waals surface area contributed by atoms with Gasteiger partial charge in [0.05, 0.1) is 13.2 Å². The fourth-order valence-electron chi connectivity index (χ4n) is 2.42. The zero-order valence-corrected chi connectivity index (χ0v) is 10.8. The van der Waals surface area contributed by atoms with E-state index < -0.39 is 5.97 Å². The predicted octanol–water partition coefficient (Wildman–Crippen LogP) is 2.87. The minimum atomic E-state index is -0.413. The van der Waals surface area contributed by atoms with Crippen molar-refractivity contribution in [3.8, 4) is 0 Å². The molecular formula is C15H15NO3. The van der Waals surface area contributed by atoms with Gasteiger partial charge in [-0.2, -0.15) is 0 Å². The van der Waals surface area contributed by atoms with Crippen LogP contribution in [0.1, 0.15) is 35.0 Å². The summed E-state index contributed by atoms with van der Waals surface area (Å²) in [6.45, 7) is 0.826. The van der Waals surface area contributed by atoms with Crippen LogP contribution in [0.4, 0.5) is 0 Å². The summed E-state index contributed by atoms with van der Waals surface area (Å²) in [5.41, 5.74) is 1.49. The van der Waals surface area contributed by atoms with Gasteiger partial charge in [-0.3, -0.25) is 0 Å². The van der Waals surface area contributed by atoms with Gasteiger partial charge in [-0.1, -0.05) is 12.1 Å². The monoisotopic (exact) mass is 257 g/mol. The van der Waals surface area contributed by atoms with Crippen LogP contribution in [0.3, 0.4) is 0 Å². The molecule has 2 heterocycles. The van der Waals surface area contributed by atoms with Gasteiger partial charge < -0.3 is 9.47 Å². The molecular weight excluding hydrogens is 242 g/mol. The second-order valence-corrected chi connectivity index (χ2v) is 4.67. The number of benzene rings is 1. The van der Waals surface area contributed by atoms with Crippen molar-refractivity contribution < 1.29 is 14.3 Å². The highest BCUT2D eigenvalue weighted by Gasteiger charge is 2.18. The van der Waals surface area contributed by atoms with E-state index >= 15 is 0 Å². The van der Waals surface area contributed by atoms with E-state index in [9.17, 15) is 4.79 Å². The summed E-state index contributed by atoms with van der Waals surface area (Å²) in [7, 11) is 1.36. The Hall–Kier alpha value is -1.94. The van der Waals surface area contributed by atoms with Crippen molar-refractivity contribution in [3.63, 3.8) is 0 Å². The molecule has 19 heavy (non-hydrogen) atoms. The summed E-state index contributed by atoms with van der Waals surface area (Å²) < 4.78 is 10.4. The summed E-state index contributed by atoms with van der Waals surface area (Å²) in [6.07, 6.45) is 4.03. The number of nitrogens with zero attached hydrogens (tertiary/aromatic N) is 1. The maximum atomic E-state index is 11.5. The van der Waals surface area contributed by atoms with Crippen molar-refractivity contribution in [2.75, 3.05) is 13.7 Å². The number of fused-ring (bicyclic) bond motifs is 1. The van der Waals surface area contributed by atoms with E-state index in [1.54, 1.807) is 12.3 Å². The molecule has 1 fully saturated rings. The fourth-order valence-corrected chi connectivity index (χ4v) is 2.42.